The summed E-state index contributed by atoms with van der Waals surface area (Å²) < 4.78 is 0. The summed E-state index contributed by atoms with van der Waals surface area (Å²) in [5, 5.41) is 3.11. The van der Waals surface area contributed by atoms with Gasteiger partial charge in [0.15, 0.2) is 0 Å². The first-order valence-electron chi connectivity index (χ1n) is 7.44. The minimum atomic E-state index is 0.313. The Bertz CT molecular complexity index is 262. The molecule has 2 saturated carbocycles. The van der Waals surface area contributed by atoms with Crippen LogP contribution in [-0.4, -0.2) is 12.5 Å². The predicted octanol–water partition coefficient (Wildman–Crippen LogP) is 3.37. The van der Waals surface area contributed by atoms with Crippen molar-refractivity contribution in [3.63, 3.8) is 0 Å². The average Bonchev–Trinajstić information content (AvgIpc) is 2.35. The smallest absolute Gasteiger partial charge is 0.223 e. The quantitative estimate of drug-likeness (QED) is 0.801. The molecule has 0 aromatic carbocycles. The van der Waals surface area contributed by atoms with Crippen molar-refractivity contribution in [2.75, 3.05) is 6.54 Å². The molecule has 0 heterocycles. The molecule has 2 aliphatic rings. The van der Waals surface area contributed by atoms with Crippen molar-refractivity contribution in [2.45, 2.75) is 58.8 Å². The molecule has 0 aliphatic heterocycles. The van der Waals surface area contributed by atoms with Gasteiger partial charge in [0, 0.05) is 12.5 Å². The van der Waals surface area contributed by atoms with Crippen molar-refractivity contribution in [1.29, 1.82) is 0 Å². The van der Waals surface area contributed by atoms with Crippen molar-refractivity contribution in [3.8, 4) is 0 Å². The largest absolute Gasteiger partial charge is 0.356 e. The van der Waals surface area contributed by atoms with Gasteiger partial charge in [0.1, 0.15) is 0 Å². The lowest BCUT2D eigenvalue weighted by molar-refractivity contribution is -0.127. The Balaban J connectivity index is 1.80. The van der Waals surface area contributed by atoms with Crippen LogP contribution in [0.5, 0.6) is 0 Å². The summed E-state index contributed by atoms with van der Waals surface area (Å²) in [4.78, 5) is 12.1. The number of amides is 1. The second-order valence-electron chi connectivity index (χ2n) is 6.45. The van der Waals surface area contributed by atoms with Crippen LogP contribution in [0, 0.1) is 23.7 Å². The molecule has 3 unspecified atom stereocenters. The highest BCUT2D eigenvalue weighted by Crippen LogP contribution is 2.42. The lowest BCUT2D eigenvalue weighted by Crippen LogP contribution is -2.38. The molecule has 2 rings (SSSR count). The third-order valence-electron chi connectivity index (χ3n) is 4.60. The first-order valence-corrected chi connectivity index (χ1v) is 7.44. The van der Waals surface area contributed by atoms with Gasteiger partial charge in [-0.15, -0.1) is 0 Å². The van der Waals surface area contributed by atoms with Crippen molar-refractivity contribution in [3.05, 3.63) is 0 Å². The monoisotopic (exact) mass is 237 g/mol. The Morgan fingerprint density at radius 2 is 1.82 bits per heavy atom. The Morgan fingerprint density at radius 3 is 2.53 bits per heavy atom. The van der Waals surface area contributed by atoms with Gasteiger partial charge >= 0.3 is 0 Å². The maximum Gasteiger partial charge on any atom is 0.223 e. The van der Waals surface area contributed by atoms with Crippen molar-refractivity contribution in [2.24, 2.45) is 23.7 Å². The SMILES string of the molecule is CC(C)CNC(=O)C1CCC2CCCCC2C1. The number of carbonyl (C=O) groups is 1. The molecule has 0 aromatic rings. The summed E-state index contributed by atoms with van der Waals surface area (Å²) >= 11 is 0. The molecule has 0 spiro atoms. The van der Waals surface area contributed by atoms with Crippen LogP contribution < -0.4 is 5.32 Å². The van der Waals surface area contributed by atoms with Crippen LogP contribution in [0.15, 0.2) is 0 Å². The van der Waals surface area contributed by atoms with Crippen LogP contribution in [0.4, 0.5) is 0 Å². The molecule has 17 heavy (non-hydrogen) atoms. The number of hydrogen-bond donors (Lipinski definition) is 1. The molecule has 1 N–H and O–H groups in total. The molecular formula is C15H27NO. The van der Waals surface area contributed by atoms with E-state index in [-0.39, 0.29) is 0 Å². The van der Waals surface area contributed by atoms with E-state index in [1.165, 1.54) is 32.1 Å². The minimum Gasteiger partial charge on any atom is -0.356 e. The van der Waals surface area contributed by atoms with Gasteiger partial charge in [-0.25, -0.2) is 0 Å². The Morgan fingerprint density at radius 1 is 1.12 bits per heavy atom. The summed E-state index contributed by atoms with van der Waals surface area (Å²) in [7, 11) is 0. The molecule has 0 saturated heterocycles. The van der Waals surface area contributed by atoms with E-state index in [1.807, 2.05) is 0 Å². The molecule has 1 amide bonds. The van der Waals surface area contributed by atoms with Crippen LogP contribution in [0.3, 0.4) is 0 Å². The van der Waals surface area contributed by atoms with E-state index in [1.54, 1.807) is 0 Å². The van der Waals surface area contributed by atoms with E-state index in [4.69, 9.17) is 0 Å². The number of carbonyl (C=O) groups excluding carboxylic acids is 1. The van der Waals surface area contributed by atoms with Crippen LogP contribution in [0.2, 0.25) is 0 Å². The summed E-state index contributed by atoms with van der Waals surface area (Å²) in [5.41, 5.74) is 0. The lowest BCUT2D eigenvalue weighted by Gasteiger charge is -2.38. The summed E-state index contributed by atoms with van der Waals surface area (Å²) in [5.74, 6) is 2.99. The second kappa shape index (κ2) is 5.88. The second-order valence-corrected chi connectivity index (χ2v) is 6.45. The minimum absolute atomic E-state index is 0.313. The van der Waals surface area contributed by atoms with Crippen LogP contribution >= 0.6 is 0 Å². The summed E-state index contributed by atoms with van der Waals surface area (Å²) in [6, 6.07) is 0. The Kier molecular flexibility index (Phi) is 4.47. The first-order chi connectivity index (χ1) is 8.16. The van der Waals surface area contributed by atoms with Crippen LogP contribution in [0.1, 0.15) is 58.8 Å². The molecule has 98 valence electrons. The Labute approximate surface area is 106 Å². The van der Waals surface area contributed by atoms with E-state index in [0.29, 0.717) is 17.7 Å². The van der Waals surface area contributed by atoms with Gasteiger partial charge in [-0.2, -0.15) is 0 Å². The fourth-order valence-corrected chi connectivity index (χ4v) is 3.56. The van der Waals surface area contributed by atoms with Crippen LogP contribution in [0.25, 0.3) is 0 Å². The van der Waals surface area contributed by atoms with E-state index in [0.717, 1.165) is 31.2 Å². The highest BCUT2D eigenvalue weighted by molar-refractivity contribution is 5.78. The Hall–Kier alpha value is -0.530. The first kappa shape index (κ1) is 12.9. The van der Waals surface area contributed by atoms with Gasteiger partial charge in [0.25, 0.3) is 0 Å². The summed E-state index contributed by atoms with van der Waals surface area (Å²) in [6.45, 7) is 5.14. The number of rotatable bonds is 3. The molecule has 2 nitrogen and oxygen atoms in total. The van der Waals surface area contributed by atoms with Gasteiger partial charge < -0.3 is 5.32 Å². The number of fused-ring (bicyclic) bond motifs is 1. The fourth-order valence-electron chi connectivity index (χ4n) is 3.56. The highest BCUT2D eigenvalue weighted by Gasteiger charge is 2.34. The van der Waals surface area contributed by atoms with Gasteiger partial charge in [0.05, 0.1) is 0 Å². The lowest BCUT2D eigenvalue weighted by atomic mass is 9.67. The van der Waals surface area contributed by atoms with E-state index >= 15 is 0 Å². The standard InChI is InChI=1S/C15H27NO/c1-11(2)10-16-15(17)14-8-7-12-5-3-4-6-13(12)9-14/h11-14H,3-10H2,1-2H3,(H,16,17). The van der Waals surface area contributed by atoms with Gasteiger partial charge in [-0.1, -0.05) is 39.5 Å². The number of hydrogen-bond acceptors (Lipinski definition) is 1. The normalized spacial score (nSPS) is 33.2. The van der Waals surface area contributed by atoms with Crippen molar-refractivity contribution >= 4 is 5.91 Å². The van der Waals surface area contributed by atoms with Gasteiger partial charge in [0.2, 0.25) is 5.91 Å². The predicted molar refractivity (Wildman–Crippen MR) is 70.6 cm³/mol. The van der Waals surface area contributed by atoms with Crippen LogP contribution in [-0.2, 0) is 4.79 Å². The van der Waals surface area contributed by atoms with Crippen molar-refractivity contribution in [1.82, 2.24) is 5.32 Å². The topological polar surface area (TPSA) is 29.1 Å². The highest BCUT2D eigenvalue weighted by atomic mass is 16.1. The van der Waals surface area contributed by atoms with Gasteiger partial charge in [-0.3, -0.25) is 4.79 Å². The zero-order chi connectivity index (χ0) is 12.3. The third-order valence-corrected chi connectivity index (χ3v) is 4.60. The average molecular weight is 237 g/mol. The van der Waals surface area contributed by atoms with E-state index in [2.05, 4.69) is 19.2 Å². The molecule has 2 fully saturated rings. The summed E-state index contributed by atoms with van der Waals surface area (Å²) in [6.07, 6.45) is 9.20. The maximum absolute atomic E-state index is 12.1. The molecule has 0 bridgehead atoms. The third kappa shape index (κ3) is 3.46. The molecule has 2 heteroatoms. The molecule has 0 aromatic heterocycles. The molecule has 2 aliphatic carbocycles. The fraction of sp³-hybridized carbons (Fsp3) is 0.933. The molecule has 3 atom stereocenters. The molecule has 0 radical (unpaired) electrons. The number of nitrogens with one attached hydrogen (secondary N) is 1. The molecular weight excluding hydrogens is 210 g/mol. The van der Waals surface area contributed by atoms with E-state index < -0.39 is 0 Å². The van der Waals surface area contributed by atoms with Gasteiger partial charge in [-0.05, 0) is 37.0 Å². The van der Waals surface area contributed by atoms with Crippen molar-refractivity contribution < 1.29 is 4.79 Å². The zero-order valence-electron chi connectivity index (χ0n) is 11.4. The van der Waals surface area contributed by atoms with E-state index in [9.17, 15) is 4.79 Å². The zero-order valence-corrected chi connectivity index (χ0v) is 11.4. The maximum atomic E-state index is 12.1.